The zero-order valence-corrected chi connectivity index (χ0v) is 19.5. The molecule has 1 aromatic heterocycles. The maximum absolute atomic E-state index is 13.6. The van der Waals surface area contributed by atoms with Crippen molar-refractivity contribution in [2.24, 2.45) is 0 Å². The molecule has 1 aliphatic rings. The van der Waals surface area contributed by atoms with Crippen LogP contribution in [0.25, 0.3) is 11.0 Å². The van der Waals surface area contributed by atoms with Gasteiger partial charge in [-0.15, -0.1) is 11.8 Å². The van der Waals surface area contributed by atoms with E-state index in [1.54, 1.807) is 40.9 Å². The van der Waals surface area contributed by atoms with Gasteiger partial charge in [0.1, 0.15) is 5.58 Å². The predicted molar refractivity (Wildman–Crippen MR) is 131 cm³/mol. The molecule has 32 heavy (non-hydrogen) atoms. The first-order chi connectivity index (χ1) is 15.4. The zero-order chi connectivity index (χ0) is 22.6. The summed E-state index contributed by atoms with van der Waals surface area (Å²) in [6.07, 6.45) is 1.99. The second kappa shape index (κ2) is 8.00. The van der Waals surface area contributed by atoms with E-state index < -0.39 is 6.04 Å². The van der Waals surface area contributed by atoms with Crippen molar-refractivity contribution in [1.82, 2.24) is 0 Å². The first kappa shape index (κ1) is 21.1. The highest BCUT2D eigenvalue weighted by Gasteiger charge is 2.43. The van der Waals surface area contributed by atoms with Crippen LogP contribution in [0.5, 0.6) is 0 Å². The van der Waals surface area contributed by atoms with Crippen molar-refractivity contribution in [1.29, 1.82) is 0 Å². The van der Waals surface area contributed by atoms with E-state index in [2.05, 4.69) is 0 Å². The van der Waals surface area contributed by atoms with Crippen LogP contribution in [0.2, 0.25) is 10.0 Å². The average Bonchev–Trinajstić information content (AvgIpc) is 3.09. The topological polar surface area (TPSA) is 50.5 Å². The van der Waals surface area contributed by atoms with Gasteiger partial charge < -0.3 is 4.42 Å². The molecule has 0 radical (unpaired) electrons. The molecule has 1 amide bonds. The van der Waals surface area contributed by atoms with Gasteiger partial charge in [0.25, 0.3) is 5.91 Å². The highest BCUT2D eigenvalue weighted by Crippen LogP contribution is 2.42. The minimum atomic E-state index is -0.646. The van der Waals surface area contributed by atoms with Crippen molar-refractivity contribution in [3.63, 3.8) is 0 Å². The van der Waals surface area contributed by atoms with E-state index in [0.717, 1.165) is 16.0 Å². The number of thioether (sulfide) groups is 1. The Morgan fingerprint density at radius 2 is 1.72 bits per heavy atom. The van der Waals surface area contributed by atoms with Crippen molar-refractivity contribution < 1.29 is 9.21 Å². The van der Waals surface area contributed by atoms with Gasteiger partial charge in [-0.05, 0) is 66.8 Å². The minimum Gasteiger partial charge on any atom is -0.450 e. The van der Waals surface area contributed by atoms with Gasteiger partial charge in [0, 0.05) is 20.6 Å². The molecule has 7 heteroatoms. The fourth-order valence-corrected chi connectivity index (χ4v) is 4.80. The summed E-state index contributed by atoms with van der Waals surface area (Å²) in [7, 11) is 0. The third-order valence-corrected chi connectivity index (χ3v) is 7.08. The molecule has 3 aromatic carbocycles. The number of anilines is 1. The van der Waals surface area contributed by atoms with Crippen LogP contribution < -0.4 is 10.3 Å². The molecule has 2 heterocycles. The molecule has 1 unspecified atom stereocenters. The zero-order valence-electron chi connectivity index (χ0n) is 17.2. The normalized spacial score (nSPS) is 15.4. The van der Waals surface area contributed by atoms with Gasteiger partial charge in [0.05, 0.1) is 17.0 Å². The first-order valence-electron chi connectivity index (χ1n) is 9.89. The maximum atomic E-state index is 13.6. The van der Waals surface area contributed by atoms with Gasteiger partial charge in [0.15, 0.2) is 5.43 Å². The number of rotatable bonds is 3. The van der Waals surface area contributed by atoms with Gasteiger partial charge in [-0.2, -0.15) is 0 Å². The van der Waals surface area contributed by atoms with Gasteiger partial charge in [-0.1, -0.05) is 41.4 Å². The molecule has 0 N–H and O–H groups in total. The molecule has 1 atom stereocenters. The molecule has 0 spiro atoms. The summed E-state index contributed by atoms with van der Waals surface area (Å²) in [6.45, 7) is 1.90. The summed E-state index contributed by atoms with van der Waals surface area (Å²) in [5.41, 5.74) is 2.66. The summed E-state index contributed by atoms with van der Waals surface area (Å²) in [6, 6.07) is 17.4. The number of amides is 1. The van der Waals surface area contributed by atoms with Crippen molar-refractivity contribution in [3.8, 4) is 0 Å². The number of carbonyl (C=O) groups excluding carboxylic acids is 1. The summed E-state index contributed by atoms with van der Waals surface area (Å²) < 4.78 is 5.97. The molecule has 4 nitrogen and oxygen atoms in total. The lowest BCUT2D eigenvalue weighted by molar-refractivity contribution is 0.0971. The Morgan fingerprint density at radius 3 is 2.41 bits per heavy atom. The van der Waals surface area contributed by atoms with Crippen LogP contribution >= 0.6 is 35.0 Å². The fraction of sp³-hybridized carbons (Fsp3) is 0.120. The summed E-state index contributed by atoms with van der Waals surface area (Å²) in [5.74, 6) is -0.340. The lowest BCUT2D eigenvalue weighted by Crippen LogP contribution is -2.29. The van der Waals surface area contributed by atoms with E-state index in [0.29, 0.717) is 32.3 Å². The van der Waals surface area contributed by atoms with Crippen LogP contribution in [0, 0.1) is 6.92 Å². The van der Waals surface area contributed by atoms with E-state index in [1.165, 1.54) is 0 Å². The largest absolute Gasteiger partial charge is 0.450 e. The van der Waals surface area contributed by atoms with Crippen molar-refractivity contribution in [2.75, 3.05) is 11.2 Å². The molecular weight excluding hydrogens is 465 g/mol. The Labute approximate surface area is 198 Å². The van der Waals surface area contributed by atoms with E-state index in [4.69, 9.17) is 27.6 Å². The smallest absolute Gasteiger partial charge is 0.295 e. The van der Waals surface area contributed by atoms with Crippen molar-refractivity contribution in [2.45, 2.75) is 17.9 Å². The van der Waals surface area contributed by atoms with Crippen LogP contribution in [-0.4, -0.2) is 12.2 Å². The number of hydrogen-bond acceptors (Lipinski definition) is 4. The number of halogens is 2. The van der Waals surface area contributed by atoms with Gasteiger partial charge in [0.2, 0.25) is 5.76 Å². The molecule has 0 saturated heterocycles. The Balaban J connectivity index is 1.80. The Morgan fingerprint density at radius 1 is 0.969 bits per heavy atom. The van der Waals surface area contributed by atoms with Crippen molar-refractivity contribution >= 4 is 57.5 Å². The van der Waals surface area contributed by atoms with E-state index in [1.807, 2.05) is 49.6 Å². The molecule has 5 rings (SSSR count). The van der Waals surface area contributed by atoms with Gasteiger partial charge in [-0.25, -0.2) is 0 Å². The average molecular weight is 482 g/mol. The fourth-order valence-electron chi connectivity index (χ4n) is 4.04. The molecule has 0 aliphatic carbocycles. The van der Waals surface area contributed by atoms with Crippen LogP contribution in [0.15, 0.2) is 74.8 Å². The second-order valence-corrected chi connectivity index (χ2v) is 9.32. The third kappa shape index (κ3) is 3.32. The lowest BCUT2D eigenvalue weighted by atomic mass is 9.98. The summed E-state index contributed by atoms with van der Waals surface area (Å²) in [4.78, 5) is 29.8. The minimum absolute atomic E-state index is 0.0421. The highest BCUT2D eigenvalue weighted by molar-refractivity contribution is 7.98. The number of aryl methyl sites for hydroxylation is 1. The monoisotopic (exact) mass is 481 g/mol. The quantitative estimate of drug-likeness (QED) is 0.299. The molecule has 1 aliphatic heterocycles. The number of fused-ring (bicyclic) bond motifs is 2. The van der Waals surface area contributed by atoms with Crippen LogP contribution in [0.1, 0.15) is 33.3 Å². The summed E-state index contributed by atoms with van der Waals surface area (Å²) >= 11 is 14.1. The number of nitrogens with zero attached hydrogens (tertiary/aromatic N) is 1. The molecule has 0 fully saturated rings. The van der Waals surface area contributed by atoms with E-state index in [-0.39, 0.29) is 17.1 Å². The standard InChI is InChI=1S/C25H17Cl2NO3S/c1-13-3-7-16(12-19(13)27)28-22(14-4-8-17(32-2)9-5-14)21-23(29)18-11-15(26)6-10-20(18)31-24(21)25(28)30/h3-12,22H,1-2H3. The number of benzene rings is 3. The molecule has 0 bridgehead atoms. The predicted octanol–water partition coefficient (Wildman–Crippen LogP) is 6.88. The van der Waals surface area contributed by atoms with Crippen LogP contribution in [0.4, 0.5) is 5.69 Å². The molecule has 0 saturated carbocycles. The second-order valence-electron chi connectivity index (χ2n) is 7.60. The van der Waals surface area contributed by atoms with Gasteiger partial charge in [-0.3, -0.25) is 14.5 Å². The maximum Gasteiger partial charge on any atom is 0.295 e. The number of hydrogen-bond donors (Lipinski definition) is 0. The third-order valence-electron chi connectivity index (χ3n) is 5.70. The van der Waals surface area contributed by atoms with E-state index in [9.17, 15) is 9.59 Å². The molecular formula is C25H17Cl2NO3S. The SMILES string of the molecule is CSc1ccc(C2c3c(oc4ccc(Cl)cc4c3=O)C(=O)N2c2ccc(C)c(Cl)c2)cc1. The van der Waals surface area contributed by atoms with Crippen LogP contribution in [-0.2, 0) is 0 Å². The molecule has 4 aromatic rings. The Bertz CT molecular complexity index is 1450. The first-order valence-corrected chi connectivity index (χ1v) is 11.9. The number of carbonyl (C=O) groups is 1. The molecule has 160 valence electrons. The Hall–Kier alpha value is -2.73. The lowest BCUT2D eigenvalue weighted by Gasteiger charge is -2.25. The Kier molecular flexibility index (Phi) is 5.28. The summed E-state index contributed by atoms with van der Waals surface area (Å²) in [5, 5.41) is 1.31. The van der Waals surface area contributed by atoms with Crippen molar-refractivity contribution in [3.05, 3.63) is 103 Å². The van der Waals surface area contributed by atoms with Gasteiger partial charge >= 0.3 is 0 Å². The highest BCUT2D eigenvalue weighted by atomic mass is 35.5. The van der Waals surface area contributed by atoms with Crippen LogP contribution in [0.3, 0.4) is 0 Å². The van der Waals surface area contributed by atoms with E-state index >= 15 is 0 Å².